The second-order valence-corrected chi connectivity index (χ2v) is 11.1. The number of fused-ring (bicyclic) bond motifs is 1. The van der Waals surface area contributed by atoms with Crippen LogP contribution in [0, 0.1) is 5.41 Å². The lowest BCUT2D eigenvalue weighted by atomic mass is 9.84. The summed E-state index contributed by atoms with van der Waals surface area (Å²) in [5.41, 5.74) is 2.24. The highest BCUT2D eigenvalue weighted by Gasteiger charge is 2.35. The van der Waals surface area contributed by atoms with E-state index in [1.165, 1.54) is 54.4 Å². The summed E-state index contributed by atoms with van der Waals surface area (Å²) in [5, 5.41) is 15.6. The summed E-state index contributed by atoms with van der Waals surface area (Å²) in [5.74, 6) is 1.65. The Balaban J connectivity index is 1.23. The summed E-state index contributed by atoms with van der Waals surface area (Å²) in [6.45, 7) is 2.70. The van der Waals surface area contributed by atoms with Crippen molar-refractivity contribution in [1.82, 2.24) is 5.01 Å². The average molecular weight is 582 g/mol. The number of amides is 1. The van der Waals surface area contributed by atoms with Gasteiger partial charge in [-0.05, 0) is 78.9 Å². The summed E-state index contributed by atoms with van der Waals surface area (Å²) in [6.07, 6.45) is 8.92. The molecule has 37 heavy (non-hydrogen) atoms. The van der Waals surface area contributed by atoms with Crippen LogP contribution < -0.4 is 9.47 Å². The summed E-state index contributed by atoms with van der Waals surface area (Å²) >= 11 is 4.82. The molecular formula is C28H29BrN4O3S. The third-order valence-corrected chi connectivity index (χ3v) is 8.18. The number of nitrogens with zero attached hydrogens (tertiary/aromatic N) is 3. The molecule has 1 N–H and O–H groups in total. The van der Waals surface area contributed by atoms with Gasteiger partial charge in [0.05, 0.1) is 5.57 Å². The van der Waals surface area contributed by atoms with Crippen LogP contribution in [-0.2, 0) is 4.79 Å². The summed E-state index contributed by atoms with van der Waals surface area (Å²) in [6, 6.07) is 14.0. The molecule has 0 bridgehead atoms. The zero-order valence-corrected chi connectivity index (χ0v) is 23.1. The standard InChI is InChI=1S/C28H29BrN4O3S/c1-2-25-32-33-26(30)23(27(34)31-28(33)37-25)17-20-16-21(29)10-13-24(20)36-15-14-35-22-11-8-19(9-12-22)18-6-4-3-5-7-18/h8-13,16-18,30H,2-7,14-15H2,1H3/b23-17-,30-26?. The third kappa shape index (κ3) is 5.99. The van der Waals surface area contributed by atoms with Gasteiger partial charge in [0.25, 0.3) is 5.91 Å². The number of carbonyl (C=O) groups excluding carboxylic acids is 1. The number of nitrogens with one attached hydrogen (secondary N) is 1. The second kappa shape index (κ2) is 11.6. The van der Waals surface area contributed by atoms with Crippen molar-refractivity contribution in [3.63, 3.8) is 0 Å². The van der Waals surface area contributed by atoms with Crippen LogP contribution in [0.15, 0.2) is 62.6 Å². The molecule has 3 aliphatic rings. The van der Waals surface area contributed by atoms with Crippen molar-refractivity contribution >= 4 is 55.7 Å². The Morgan fingerprint density at radius 3 is 2.62 bits per heavy atom. The van der Waals surface area contributed by atoms with Crippen molar-refractivity contribution in [3.05, 3.63) is 63.6 Å². The number of aliphatic imine (C=N–C) groups is 1. The number of rotatable bonds is 8. The SMILES string of the molecule is CCC1=NN2C(=N)/C(=C/c3cc(Br)ccc3OCCOc3ccc(C4CCCCC4)cc3)C(=O)N=C2S1. The minimum Gasteiger partial charge on any atom is -0.490 e. The molecule has 7 nitrogen and oxygen atoms in total. The van der Waals surface area contributed by atoms with Crippen molar-refractivity contribution in [3.8, 4) is 11.5 Å². The smallest absolute Gasteiger partial charge is 0.283 e. The molecule has 0 spiro atoms. The molecule has 0 atom stereocenters. The number of hydrogen-bond acceptors (Lipinski definition) is 6. The van der Waals surface area contributed by atoms with Gasteiger partial charge in [0.1, 0.15) is 29.8 Å². The number of halogens is 1. The van der Waals surface area contributed by atoms with Crippen LogP contribution in [0.1, 0.15) is 62.5 Å². The van der Waals surface area contributed by atoms with E-state index in [0.29, 0.717) is 35.6 Å². The minimum absolute atomic E-state index is 0.0110. The lowest BCUT2D eigenvalue weighted by molar-refractivity contribution is -0.114. The number of ether oxygens (including phenoxy) is 2. The Bertz CT molecular complexity index is 1280. The molecular weight excluding hydrogens is 552 g/mol. The van der Waals surface area contributed by atoms with Gasteiger partial charge in [0.15, 0.2) is 5.84 Å². The molecule has 1 aliphatic carbocycles. The molecule has 0 aromatic heterocycles. The maximum absolute atomic E-state index is 12.7. The highest BCUT2D eigenvalue weighted by molar-refractivity contribution is 9.10. The van der Waals surface area contributed by atoms with Gasteiger partial charge < -0.3 is 9.47 Å². The molecule has 2 aromatic carbocycles. The molecule has 2 heterocycles. The fraction of sp³-hybridized carbons (Fsp3) is 0.357. The van der Waals surface area contributed by atoms with Gasteiger partial charge in [-0.15, -0.1) is 0 Å². The van der Waals surface area contributed by atoms with Crippen LogP contribution in [0.4, 0.5) is 0 Å². The van der Waals surface area contributed by atoms with Gasteiger partial charge in [-0.3, -0.25) is 10.2 Å². The molecule has 9 heteroatoms. The molecule has 2 aliphatic heterocycles. The van der Waals surface area contributed by atoms with E-state index in [2.05, 4.69) is 38.2 Å². The van der Waals surface area contributed by atoms with Gasteiger partial charge in [0.2, 0.25) is 5.17 Å². The molecule has 2 aromatic rings. The first-order valence-corrected chi connectivity index (χ1v) is 14.3. The number of benzene rings is 2. The predicted molar refractivity (Wildman–Crippen MR) is 153 cm³/mol. The zero-order chi connectivity index (χ0) is 25.8. The number of thioether (sulfide) groups is 1. The lowest BCUT2D eigenvalue weighted by Gasteiger charge is -2.22. The second-order valence-electron chi connectivity index (χ2n) is 9.15. The first-order valence-electron chi connectivity index (χ1n) is 12.7. The van der Waals surface area contributed by atoms with E-state index < -0.39 is 5.91 Å². The van der Waals surface area contributed by atoms with Crippen LogP contribution in [0.5, 0.6) is 11.5 Å². The van der Waals surface area contributed by atoms with Gasteiger partial charge in [-0.2, -0.15) is 15.1 Å². The van der Waals surface area contributed by atoms with E-state index in [1.807, 2.05) is 37.3 Å². The number of hydrogen-bond donors (Lipinski definition) is 1. The average Bonchev–Trinajstić information content (AvgIpc) is 3.34. The van der Waals surface area contributed by atoms with Crippen molar-refractivity contribution < 1.29 is 14.3 Å². The summed E-state index contributed by atoms with van der Waals surface area (Å²) in [7, 11) is 0. The maximum atomic E-state index is 12.7. The topological polar surface area (TPSA) is 87.3 Å². The number of hydrazone groups is 1. The van der Waals surface area contributed by atoms with E-state index in [0.717, 1.165) is 21.7 Å². The molecule has 1 saturated carbocycles. The summed E-state index contributed by atoms with van der Waals surface area (Å²) in [4.78, 5) is 16.9. The fourth-order valence-corrected chi connectivity index (χ4v) is 5.88. The number of carbonyl (C=O) groups is 1. The Kier molecular flexibility index (Phi) is 8.10. The van der Waals surface area contributed by atoms with Crippen molar-refractivity contribution in [2.24, 2.45) is 10.1 Å². The minimum atomic E-state index is -0.456. The van der Waals surface area contributed by atoms with Gasteiger partial charge in [0, 0.05) is 10.0 Å². The van der Waals surface area contributed by atoms with E-state index in [4.69, 9.17) is 14.9 Å². The maximum Gasteiger partial charge on any atom is 0.283 e. The van der Waals surface area contributed by atoms with Gasteiger partial charge in [-0.1, -0.05) is 54.2 Å². The Labute approximate surface area is 229 Å². The summed E-state index contributed by atoms with van der Waals surface area (Å²) < 4.78 is 12.8. The van der Waals surface area contributed by atoms with Crippen molar-refractivity contribution in [2.45, 2.75) is 51.4 Å². The first-order chi connectivity index (χ1) is 18.0. The molecule has 0 radical (unpaired) electrons. The molecule has 1 amide bonds. The van der Waals surface area contributed by atoms with E-state index >= 15 is 0 Å². The van der Waals surface area contributed by atoms with Gasteiger partial charge >= 0.3 is 0 Å². The quantitative estimate of drug-likeness (QED) is 0.268. The zero-order valence-electron chi connectivity index (χ0n) is 20.7. The number of amidine groups is 2. The Morgan fingerprint density at radius 1 is 1.11 bits per heavy atom. The molecule has 192 valence electrons. The largest absolute Gasteiger partial charge is 0.490 e. The van der Waals surface area contributed by atoms with Crippen LogP contribution in [0.3, 0.4) is 0 Å². The van der Waals surface area contributed by atoms with E-state index in [1.54, 1.807) is 6.08 Å². The Morgan fingerprint density at radius 2 is 1.86 bits per heavy atom. The highest BCUT2D eigenvalue weighted by Crippen LogP contribution is 2.34. The third-order valence-electron chi connectivity index (χ3n) is 6.64. The molecule has 1 fully saturated rings. The van der Waals surface area contributed by atoms with Crippen LogP contribution in [0.25, 0.3) is 6.08 Å². The predicted octanol–water partition coefficient (Wildman–Crippen LogP) is 6.98. The highest BCUT2D eigenvalue weighted by atomic mass is 79.9. The first kappa shape index (κ1) is 25.7. The fourth-order valence-electron chi connectivity index (χ4n) is 4.68. The monoisotopic (exact) mass is 580 g/mol. The van der Waals surface area contributed by atoms with E-state index in [-0.39, 0.29) is 11.4 Å². The van der Waals surface area contributed by atoms with Crippen LogP contribution >= 0.6 is 27.7 Å². The molecule has 5 rings (SSSR count). The molecule has 0 unspecified atom stereocenters. The van der Waals surface area contributed by atoms with E-state index in [9.17, 15) is 4.79 Å². The molecule has 0 saturated heterocycles. The van der Waals surface area contributed by atoms with Crippen LogP contribution in [0.2, 0.25) is 0 Å². The lowest BCUT2D eigenvalue weighted by Crippen LogP contribution is -2.35. The van der Waals surface area contributed by atoms with Crippen LogP contribution in [-0.4, -0.2) is 40.2 Å². The Hall–Kier alpha value is -2.91. The normalized spacial score (nSPS) is 19.1. The van der Waals surface area contributed by atoms with Gasteiger partial charge in [-0.25, -0.2) is 0 Å². The van der Waals surface area contributed by atoms with Crippen molar-refractivity contribution in [1.29, 1.82) is 5.41 Å². The van der Waals surface area contributed by atoms with Crippen molar-refractivity contribution in [2.75, 3.05) is 13.2 Å².